The van der Waals surface area contributed by atoms with Gasteiger partial charge in [-0.1, -0.05) is 46.0 Å². The Bertz CT molecular complexity index is 453. The summed E-state index contributed by atoms with van der Waals surface area (Å²) in [6.45, 7) is 11.5. The van der Waals surface area contributed by atoms with Crippen molar-refractivity contribution in [2.24, 2.45) is 0 Å². The van der Waals surface area contributed by atoms with Crippen molar-refractivity contribution >= 4 is 23.6 Å². The van der Waals surface area contributed by atoms with Crippen LogP contribution in [-0.4, -0.2) is 36.8 Å². The molecular formula is C22H43O4Si2. The minimum absolute atomic E-state index is 0.00953. The van der Waals surface area contributed by atoms with Gasteiger partial charge in [0.2, 0.25) is 0 Å². The van der Waals surface area contributed by atoms with E-state index in [1.165, 1.54) is 51.4 Å². The van der Waals surface area contributed by atoms with Crippen LogP contribution in [0.4, 0.5) is 0 Å². The van der Waals surface area contributed by atoms with E-state index in [1.54, 1.807) is 0 Å². The summed E-state index contributed by atoms with van der Waals surface area (Å²) in [6.07, 6.45) is 12.2. The first kappa shape index (κ1) is 24.1. The van der Waals surface area contributed by atoms with E-state index in [1.807, 2.05) is 20.8 Å². The highest BCUT2D eigenvalue weighted by Gasteiger charge is 2.56. The molecule has 1 atom stereocenters. The molecule has 2 saturated carbocycles. The number of carbonyl (C=O) groups is 1. The van der Waals surface area contributed by atoms with Gasteiger partial charge in [-0.15, -0.1) is 0 Å². The highest BCUT2D eigenvalue weighted by Crippen LogP contribution is 2.54. The van der Waals surface area contributed by atoms with Crippen molar-refractivity contribution in [3.05, 3.63) is 0 Å². The summed E-state index contributed by atoms with van der Waals surface area (Å²) in [6, 6.07) is 1.14. The van der Waals surface area contributed by atoms with Gasteiger partial charge < -0.3 is 13.3 Å². The maximum absolute atomic E-state index is 13.8. The van der Waals surface area contributed by atoms with Gasteiger partial charge in [-0.2, -0.15) is 0 Å². The zero-order chi connectivity index (χ0) is 20.6. The fraction of sp³-hybridized carbons (Fsp3) is 0.955. The molecule has 2 fully saturated rings. The van der Waals surface area contributed by atoms with Crippen LogP contribution < -0.4 is 0 Å². The first-order valence-electron chi connectivity index (χ1n) is 11.8. The average molecular weight is 428 g/mol. The van der Waals surface area contributed by atoms with Gasteiger partial charge in [0.25, 0.3) is 14.3 Å². The molecule has 0 saturated heterocycles. The third kappa shape index (κ3) is 5.11. The van der Waals surface area contributed by atoms with E-state index in [9.17, 15) is 4.79 Å². The molecule has 0 aromatic carbocycles. The Morgan fingerprint density at radius 1 is 0.929 bits per heavy atom. The molecule has 0 spiro atoms. The first-order chi connectivity index (χ1) is 13.5. The minimum atomic E-state index is -2.15. The highest BCUT2D eigenvalue weighted by molar-refractivity contribution is 6.78. The Morgan fingerprint density at radius 3 is 1.75 bits per heavy atom. The molecule has 2 aliphatic rings. The van der Waals surface area contributed by atoms with Crippen LogP contribution in [0.1, 0.15) is 98.8 Å². The van der Waals surface area contributed by atoms with Crippen LogP contribution in [0.2, 0.25) is 22.2 Å². The van der Waals surface area contributed by atoms with Gasteiger partial charge in [0.05, 0.1) is 0 Å². The molecule has 0 aliphatic heterocycles. The number of hydrogen-bond acceptors (Lipinski definition) is 4. The monoisotopic (exact) mass is 427 g/mol. The lowest BCUT2D eigenvalue weighted by molar-refractivity contribution is -0.140. The van der Waals surface area contributed by atoms with Gasteiger partial charge in [0, 0.05) is 13.2 Å². The van der Waals surface area contributed by atoms with E-state index in [0.717, 1.165) is 12.5 Å². The fourth-order valence-corrected chi connectivity index (χ4v) is 13.4. The van der Waals surface area contributed by atoms with Crippen LogP contribution in [0, 0.1) is 0 Å². The van der Waals surface area contributed by atoms with Gasteiger partial charge in [-0.25, -0.2) is 0 Å². The smallest absolute Gasteiger partial charge is 0.402 e. The SMILES string of the molecule is CCC[Si](OC(=O)C(C)(CC)[Si](OCC)OCC)(C1CCCC1)C1CCCC1. The number of carbonyl (C=O) groups excluding carboxylic acids is 1. The zero-order valence-electron chi connectivity index (χ0n) is 19.0. The van der Waals surface area contributed by atoms with Crippen LogP contribution in [-0.2, 0) is 18.1 Å². The topological polar surface area (TPSA) is 44.8 Å². The second kappa shape index (κ2) is 11.3. The van der Waals surface area contributed by atoms with Crippen molar-refractivity contribution in [1.29, 1.82) is 0 Å². The van der Waals surface area contributed by atoms with E-state index < -0.39 is 22.6 Å². The Kier molecular flexibility index (Phi) is 9.71. The molecule has 0 aromatic heterocycles. The molecule has 0 N–H and O–H groups in total. The lowest BCUT2D eigenvalue weighted by Gasteiger charge is -2.43. The van der Waals surface area contributed by atoms with Crippen molar-refractivity contribution < 1.29 is 18.1 Å². The predicted molar refractivity (Wildman–Crippen MR) is 119 cm³/mol. The number of rotatable bonds is 12. The average Bonchev–Trinajstić information content (AvgIpc) is 3.41. The van der Waals surface area contributed by atoms with E-state index in [-0.39, 0.29) is 5.97 Å². The molecular weight excluding hydrogens is 384 g/mol. The second-order valence-electron chi connectivity index (χ2n) is 8.90. The lowest BCUT2D eigenvalue weighted by Crippen LogP contribution is -2.52. The van der Waals surface area contributed by atoms with Crippen molar-refractivity contribution in [3.63, 3.8) is 0 Å². The summed E-state index contributed by atoms with van der Waals surface area (Å²) in [5.74, 6) is -0.00953. The minimum Gasteiger partial charge on any atom is -0.518 e. The molecule has 163 valence electrons. The lowest BCUT2D eigenvalue weighted by atomic mass is 10.1. The van der Waals surface area contributed by atoms with E-state index in [4.69, 9.17) is 13.3 Å². The largest absolute Gasteiger partial charge is 0.518 e. The van der Waals surface area contributed by atoms with Crippen molar-refractivity contribution in [2.45, 2.75) is 121 Å². The summed E-state index contributed by atoms with van der Waals surface area (Å²) in [5.41, 5.74) is 1.32. The van der Waals surface area contributed by atoms with Crippen LogP contribution in [0.25, 0.3) is 0 Å². The fourth-order valence-electron chi connectivity index (χ4n) is 5.46. The van der Waals surface area contributed by atoms with Crippen LogP contribution in [0.5, 0.6) is 0 Å². The molecule has 0 aromatic rings. The Hall–Kier alpha value is -0.176. The Labute approximate surface area is 176 Å². The van der Waals surface area contributed by atoms with Crippen molar-refractivity contribution in [1.82, 2.24) is 0 Å². The summed E-state index contributed by atoms with van der Waals surface area (Å²) in [4.78, 5) is 13.8. The Morgan fingerprint density at radius 2 is 1.39 bits per heavy atom. The first-order valence-corrected chi connectivity index (χ1v) is 15.4. The normalized spacial score (nSPS) is 21.4. The van der Waals surface area contributed by atoms with E-state index in [2.05, 4.69) is 13.8 Å². The molecule has 0 heterocycles. The molecule has 2 aliphatic carbocycles. The van der Waals surface area contributed by atoms with E-state index in [0.29, 0.717) is 30.7 Å². The van der Waals surface area contributed by atoms with Crippen molar-refractivity contribution in [2.75, 3.05) is 13.2 Å². The standard InChI is InChI=1S/C22H43O4Si2/c1-6-18-28(19-14-10-11-15-19,20-16-12-13-17-20)26-21(23)22(5,7-2)27(24-8-3)25-9-4/h19-20H,6-18H2,1-5H3. The highest BCUT2D eigenvalue weighted by atomic mass is 28.4. The Balaban J connectivity index is 2.33. The summed E-state index contributed by atoms with van der Waals surface area (Å²) in [5, 5.41) is -0.639. The molecule has 0 bridgehead atoms. The summed E-state index contributed by atoms with van der Waals surface area (Å²) in [7, 11) is -3.87. The van der Waals surface area contributed by atoms with Crippen LogP contribution in [0.15, 0.2) is 0 Å². The molecule has 6 heteroatoms. The molecule has 1 radical (unpaired) electrons. The molecule has 1 unspecified atom stereocenters. The molecule has 28 heavy (non-hydrogen) atoms. The van der Waals surface area contributed by atoms with E-state index >= 15 is 0 Å². The van der Waals surface area contributed by atoms with Crippen LogP contribution >= 0.6 is 0 Å². The molecule has 4 nitrogen and oxygen atoms in total. The van der Waals surface area contributed by atoms with Gasteiger partial charge in [0.1, 0.15) is 5.04 Å². The third-order valence-electron chi connectivity index (χ3n) is 7.17. The summed E-state index contributed by atoms with van der Waals surface area (Å²) >= 11 is 0. The van der Waals surface area contributed by atoms with Gasteiger partial charge >= 0.3 is 9.28 Å². The second-order valence-corrected chi connectivity index (χ2v) is 15.4. The maximum atomic E-state index is 13.8. The maximum Gasteiger partial charge on any atom is 0.402 e. The zero-order valence-corrected chi connectivity index (χ0v) is 21.0. The third-order valence-corrected chi connectivity index (χ3v) is 15.5. The predicted octanol–water partition coefficient (Wildman–Crippen LogP) is 6.51. The van der Waals surface area contributed by atoms with Crippen molar-refractivity contribution in [3.8, 4) is 0 Å². The van der Waals surface area contributed by atoms with Gasteiger partial charge in [-0.05, 0) is 70.0 Å². The number of hydrogen-bond donors (Lipinski definition) is 0. The molecule has 2 rings (SSSR count). The summed E-state index contributed by atoms with van der Waals surface area (Å²) < 4.78 is 18.8. The quantitative estimate of drug-likeness (QED) is 0.333. The van der Waals surface area contributed by atoms with Gasteiger partial charge in [-0.3, -0.25) is 4.79 Å². The van der Waals surface area contributed by atoms with Gasteiger partial charge in [0.15, 0.2) is 0 Å². The molecule has 0 amide bonds. The van der Waals surface area contributed by atoms with Crippen LogP contribution in [0.3, 0.4) is 0 Å².